The van der Waals surface area contributed by atoms with E-state index in [1.807, 2.05) is 0 Å². The third-order valence-corrected chi connectivity index (χ3v) is 1.68. The van der Waals surface area contributed by atoms with E-state index >= 15 is 0 Å². The molecule has 2 aromatic heterocycles. The number of aryl methyl sites for hydroxylation is 2. The normalized spacial score (nSPS) is 10.5. The predicted molar refractivity (Wildman–Crippen MR) is 40.6 cm³/mol. The fraction of sp³-hybridized carbons (Fsp3) is 0.429. The second-order valence-electron chi connectivity index (χ2n) is 2.65. The highest BCUT2D eigenvalue weighted by Crippen LogP contribution is 2.02. The third-order valence-electron chi connectivity index (χ3n) is 1.68. The molecule has 0 N–H and O–H groups in total. The van der Waals surface area contributed by atoms with Crippen molar-refractivity contribution in [3.63, 3.8) is 0 Å². The Hall–Kier alpha value is -1.72. The SMILES string of the molecule is c1onnc1CCCc1conn1. The summed E-state index contributed by atoms with van der Waals surface area (Å²) in [6.45, 7) is 0. The summed E-state index contributed by atoms with van der Waals surface area (Å²) in [4.78, 5) is 0. The van der Waals surface area contributed by atoms with Crippen LogP contribution in [0.5, 0.6) is 0 Å². The van der Waals surface area contributed by atoms with Crippen LogP contribution in [0.2, 0.25) is 0 Å². The number of hydrogen-bond acceptors (Lipinski definition) is 6. The van der Waals surface area contributed by atoms with Gasteiger partial charge in [0, 0.05) is 10.5 Å². The van der Waals surface area contributed by atoms with E-state index in [4.69, 9.17) is 0 Å². The highest BCUT2D eigenvalue weighted by atomic mass is 16.5. The van der Waals surface area contributed by atoms with Crippen molar-refractivity contribution in [2.45, 2.75) is 19.3 Å². The van der Waals surface area contributed by atoms with Crippen LogP contribution >= 0.6 is 0 Å². The molecular formula is C7H8N4O2. The minimum Gasteiger partial charge on any atom is -0.345 e. The predicted octanol–water partition coefficient (Wildman–Crippen LogP) is 0.628. The van der Waals surface area contributed by atoms with Crippen molar-refractivity contribution in [2.24, 2.45) is 0 Å². The molecule has 0 fully saturated rings. The van der Waals surface area contributed by atoms with E-state index < -0.39 is 0 Å². The van der Waals surface area contributed by atoms with E-state index in [-0.39, 0.29) is 0 Å². The zero-order valence-corrected chi connectivity index (χ0v) is 6.88. The van der Waals surface area contributed by atoms with Crippen LogP contribution in [0.15, 0.2) is 21.6 Å². The summed E-state index contributed by atoms with van der Waals surface area (Å²) in [6, 6.07) is 0. The molecule has 68 valence electrons. The lowest BCUT2D eigenvalue weighted by atomic mass is 10.2. The maximum absolute atomic E-state index is 4.59. The van der Waals surface area contributed by atoms with Crippen molar-refractivity contribution < 1.29 is 9.05 Å². The minimum atomic E-state index is 0.830. The van der Waals surface area contributed by atoms with E-state index in [1.54, 1.807) is 12.5 Å². The van der Waals surface area contributed by atoms with E-state index in [2.05, 4.69) is 29.8 Å². The molecule has 0 aromatic carbocycles. The van der Waals surface area contributed by atoms with Crippen molar-refractivity contribution in [1.82, 2.24) is 20.7 Å². The van der Waals surface area contributed by atoms with Crippen LogP contribution in [0.4, 0.5) is 0 Å². The van der Waals surface area contributed by atoms with Gasteiger partial charge in [-0.1, -0.05) is 0 Å². The van der Waals surface area contributed by atoms with Crippen LogP contribution < -0.4 is 0 Å². The molecular weight excluding hydrogens is 172 g/mol. The Morgan fingerprint density at radius 3 is 1.85 bits per heavy atom. The van der Waals surface area contributed by atoms with Crippen molar-refractivity contribution in [3.05, 3.63) is 23.9 Å². The van der Waals surface area contributed by atoms with Gasteiger partial charge in [0.1, 0.15) is 23.9 Å². The lowest BCUT2D eigenvalue weighted by Crippen LogP contribution is -1.90. The van der Waals surface area contributed by atoms with Gasteiger partial charge in [0.15, 0.2) is 0 Å². The first-order chi connectivity index (χ1) is 6.45. The van der Waals surface area contributed by atoms with Gasteiger partial charge in [-0.05, 0) is 19.3 Å². The third kappa shape index (κ3) is 2.11. The Morgan fingerprint density at radius 2 is 1.46 bits per heavy atom. The molecule has 0 aliphatic carbocycles. The summed E-state index contributed by atoms with van der Waals surface area (Å²) >= 11 is 0. The van der Waals surface area contributed by atoms with Crippen LogP contribution in [0.1, 0.15) is 17.8 Å². The zero-order chi connectivity index (χ0) is 8.93. The highest BCUT2D eigenvalue weighted by Gasteiger charge is 2.00. The first-order valence-electron chi connectivity index (χ1n) is 3.97. The van der Waals surface area contributed by atoms with E-state index in [0.29, 0.717) is 0 Å². The Bertz CT molecular complexity index is 295. The molecule has 0 aliphatic heterocycles. The Kier molecular flexibility index (Phi) is 2.31. The fourth-order valence-electron chi connectivity index (χ4n) is 1.04. The summed E-state index contributed by atoms with van der Waals surface area (Å²) in [7, 11) is 0. The number of rotatable bonds is 4. The standard InChI is InChI=1S/C7H8N4O2/c1(2-6-4-12-10-8-6)3-7-5-13-11-9-7/h4-5H,1-3H2. The van der Waals surface area contributed by atoms with Crippen molar-refractivity contribution >= 4 is 0 Å². The molecule has 13 heavy (non-hydrogen) atoms. The van der Waals surface area contributed by atoms with Gasteiger partial charge in [0.25, 0.3) is 0 Å². The number of aromatic nitrogens is 4. The van der Waals surface area contributed by atoms with E-state index in [0.717, 1.165) is 30.7 Å². The van der Waals surface area contributed by atoms with Gasteiger partial charge in [-0.2, -0.15) is 0 Å². The molecule has 0 amide bonds. The van der Waals surface area contributed by atoms with Gasteiger partial charge in [-0.15, -0.1) is 10.2 Å². The number of nitrogens with zero attached hydrogens (tertiary/aromatic N) is 4. The summed E-state index contributed by atoms with van der Waals surface area (Å²) < 4.78 is 9.19. The van der Waals surface area contributed by atoms with Crippen LogP contribution in [0, 0.1) is 0 Å². The van der Waals surface area contributed by atoms with Crippen molar-refractivity contribution in [3.8, 4) is 0 Å². The topological polar surface area (TPSA) is 77.8 Å². The van der Waals surface area contributed by atoms with Gasteiger partial charge in [-0.25, -0.2) is 0 Å². The zero-order valence-electron chi connectivity index (χ0n) is 6.88. The quantitative estimate of drug-likeness (QED) is 0.686. The van der Waals surface area contributed by atoms with Crippen LogP contribution in [-0.4, -0.2) is 20.7 Å². The van der Waals surface area contributed by atoms with Crippen LogP contribution in [0.3, 0.4) is 0 Å². The average Bonchev–Trinajstić information content (AvgIpc) is 2.75. The second-order valence-corrected chi connectivity index (χ2v) is 2.65. The first kappa shape index (κ1) is 7.90. The molecule has 0 spiro atoms. The van der Waals surface area contributed by atoms with Crippen molar-refractivity contribution in [1.29, 1.82) is 0 Å². The molecule has 2 heterocycles. The van der Waals surface area contributed by atoms with Crippen LogP contribution in [0.25, 0.3) is 0 Å². The Morgan fingerprint density at radius 1 is 0.923 bits per heavy atom. The molecule has 0 unspecified atom stereocenters. The Balaban J connectivity index is 1.76. The molecule has 2 aromatic rings. The van der Waals surface area contributed by atoms with Gasteiger partial charge in [0.2, 0.25) is 0 Å². The lowest BCUT2D eigenvalue weighted by Gasteiger charge is -1.91. The molecule has 0 saturated heterocycles. The molecule has 0 saturated carbocycles. The smallest absolute Gasteiger partial charge is 0.147 e. The molecule has 0 aliphatic rings. The molecule has 6 heteroatoms. The van der Waals surface area contributed by atoms with Crippen LogP contribution in [-0.2, 0) is 12.8 Å². The van der Waals surface area contributed by atoms with E-state index in [1.165, 1.54) is 0 Å². The van der Waals surface area contributed by atoms with Gasteiger partial charge in [-0.3, -0.25) is 0 Å². The lowest BCUT2D eigenvalue weighted by molar-refractivity contribution is 0.392. The fourth-order valence-corrected chi connectivity index (χ4v) is 1.04. The minimum absolute atomic E-state index is 0.830. The van der Waals surface area contributed by atoms with Gasteiger partial charge in [0.05, 0.1) is 0 Å². The molecule has 6 nitrogen and oxygen atoms in total. The largest absolute Gasteiger partial charge is 0.345 e. The molecule has 0 atom stereocenters. The van der Waals surface area contributed by atoms with Gasteiger partial charge < -0.3 is 9.05 Å². The maximum atomic E-state index is 4.59. The highest BCUT2D eigenvalue weighted by molar-refractivity contribution is 4.92. The Labute approximate surface area is 73.9 Å². The van der Waals surface area contributed by atoms with E-state index in [9.17, 15) is 0 Å². The summed E-state index contributed by atoms with van der Waals surface area (Å²) in [5.74, 6) is 0. The molecule has 0 bridgehead atoms. The summed E-state index contributed by atoms with van der Waals surface area (Å²) in [5.41, 5.74) is 1.72. The second kappa shape index (κ2) is 3.79. The van der Waals surface area contributed by atoms with Crippen molar-refractivity contribution in [2.75, 3.05) is 0 Å². The summed E-state index contributed by atoms with van der Waals surface area (Å²) in [5, 5.41) is 14.3. The molecule has 2 rings (SSSR count). The number of hydrogen-bond donors (Lipinski definition) is 0. The molecule has 0 radical (unpaired) electrons. The monoisotopic (exact) mass is 180 g/mol. The maximum Gasteiger partial charge on any atom is 0.147 e. The van der Waals surface area contributed by atoms with Gasteiger partial charge >= 0.3 is 0 Å². The first-order valence-corrected chi connectivity index (χ1v) is 3.97. The summed E-state index contributed by atoms with van der Waals surface area (Å²) in [6.07, 6.45) is 5.68. The average molecular weight is 180 g/mol.